The van der Waals surface area contributed by atoms with E-state index in [4.69, 9.17) is 19.4 Å². The van der Waals surface area contributed by atoms with Crippen molar-refractivity contribution in [3.63, 3.8) is 0 Å². The molecule has 2 atom stereocenters. The summed E-state index contributed by atoms with van der Waals surface area (Å²) in [6.07, 6.45) is 2.90. The summed E-state index contributed by atoms with van der Waals surface area (Å²) >= 11 is 0. The lowest BCUT2D eigenvalue weighted by Crippen LogP contribution is -2.47. The Labute approximate surface area is 433 Å². The number of aromatic nitrogens is 4. The molecule has 2 aliphatic rings. The van der Waals surface area contributed by atoms with Crippen LogP contribution in [-0.2, 0) is 32.3 Å². The van der Waals surface area contributed by atoms with Crippen LogP contribution < -0.4 is 0 Å². The maximum Gasteiger partial charge on any atom is 0.248 e. The van der Waals surface area contributed by atoms with Gasteiger partial charge in [0.2, 0.25) is 23.7 Å². The first-order valence-corrected chi connectivity index (χ1v) is 26.2. The Morgan fingerprint density at radius 1 is 0.541 bits per heavy atom. The molecule has 0 bridgehead atoms. The number of amides is 2. The quantitative estimate of drug-likeness (QED) is 0.0617. The van der Waals surface area contributed by atoms with Gasteiger partial charge in [-0.1, -0.05) is 151 Å². The number of alkyl halides is 4. The third kappa shape index (κ3) is 13.8. The van der Waals surface area contributed by atoms with Crippen molar-refractivity contribution in [1.29, 1.82) is 0 Å². The Hall–Kier alpha value is -6.12. The Balaban J connectivity index is 0.969. The van der Waals surface area contributed by atoms with E-state index in [-0.39, 0.29) is 89.5 Å². The van der Waals surface area contributed by atoms with Gasteiger partial charge in [0, 0.05) is 50.6 Å². The number of aromatic amines is 2. The number of carbonyl (C=O) groups is 2. The van der Waals surface area contributed by atoms with Gasteiger partial charge in [0.1, 0.15) is 11.6 Å². The standard InChI is InChI=1S/C60H72F4N6O4/c1-57(2,3)51(69(33-35-73-39-41-13-9-7-10-14-41)55(71)47-25-29-59(61,62)30-26-47)53-65-37-49(67-53)45-21-17-43(18-22-45)44-19-23-46(24-20-44)50-38-66-54(68-50)52(58(4,5)6)70(34-36-74-40-42-15-11-8-12-16-42)56(72)48-27-31-60(63,64)32-28-48/h7-24,37-38,47-48,51-52H,25-36,39-40H2,1-6H3,(H,65,67)(H,66,68)/t51-,52-/m1/s1. The Morgan fingerprint density at radius 2 is 0.865 bits per heavy atom. The van der Waals surface area contributed by atoms with Gasteiger partial charge in [-0.05, 0) is 69.9 Å². The fourth-order valence-electron chi connectivity index (χ4n) is 10.6. The van der Waals surface area contributed by atoms with Crippen LogP contribution in [0, 0.1) is 22.7 Å². The number of H-pyrrole nitrogens is 2. The van der Waals surface area contributed by atoms with Gasteiger partial charge in [0.15, 0.2) is 0 Å². The summed E-state index contributed by atoms with van der Waals surface area (Å²) in [7, 11) is 0. The summed E-state index contributed by atoms with van der Waals surface area (Å²) in [4.78, 5) is 49.1. The van der Waals surface area contributed by atoms with Crippen molar-refractivity contribution in [2.24, 2.45) is 22.7 Å². The van der Waals surface area contributed by atoms with Gasteiger partial charge >= 0.3 is 0 Å². The topological polar surface area (TPSA) is 116 Å². The lowest BCUT2D eigenvalue weighted by molar-refractivity contribution is -0.147. The predicted octanol–water partition coefficient (Wildman–Crippen LogP) is 14.0. The smallest absolute Gasteiger partial charge is 0.248 e. The molecular weight excluding hydrogens is 945 g/mol. The number of carbonyl (C=O) groups excluding carboxylic acids is 2. The zero-order valence-electron chi connectivity index (χ0n) is 43.7. The Morgan fingerprint density at radius 3 is 1.19 bits per heavy atom. The molecule has 8 rings (SSSR count). The van der Waals surface area contributed by atoms with E-state index in [2.05, 4.69) is 75.8 Å². The van der Waals surface area contributed by atoms with Gasteiger partial charge in [-0.15, -0.1) is 0 Å². The van der Waals surface area contributed by atoms with Gasteiger partial charge in [-0.3, -0.25) is 9.59 Å². The van der Waals surface area contributed by atoms with Crippen molar-refractivity contribution < 1.29 is 36.6 Å². The first-order chi connectivity index (χ1) is 35.2. The minimum absolute atomic E-state index is 0.135. The largest absolute Gasteiger partial charge is 0.375 e. The number of halogens is 4. The van der Waals surface area contributed by atoms with Gasteiger partial charge in [0.05, 0.1) is 62.3 Å². The van der Waals surface area contributed by atoms with Crippen molar-refractivity contribution in [3.05, 3.63) is 144 Å². The summed E-state index contributed by atoms with van der Waals surface area (Å²) in [5.41, 5.74) is 6.48. The Kier molecular flexibility index (Phi) is 17.0. The molecule has 6 aromatic rings. The second kappa shape index (κ2) is 23.2. The highest BCUT2D eigenvalue weighted by atomic mass is 19.3. The number of benzene rings is 4. The van der Waals surface area contributed by atoms with Crippen LogP contribution in [0.1, 0.15) is 128 Å². The highest BCUT2D eigenvalue weighted by Gasteiger charge is 2.45. The van der Waals surface area contributed by atoms with Crippen LogP contribution in [0.4, 0.5) is 17.6 Å². The number of nitrogens with one attached hydrogen (secondary N) is 2. The van der Waals surface area contributed by atoms with Gasteiger partial charge in [0.25, 0.3) is 0 Å². The molecule has 2 amide bonds. The number of imidazole rings is 2. The fourth-order valence-corrected chi connectivity index (χ4v) is 10.6. The van der Waals surface area contributed by atoms with Crippen LogP contribution >= 0.6 is 0 Å². The molecular formula is C60H72F4N6O4. The molecule has 14 heteroatoms. The van der Waals surface area contributed by atoms with Crippen molar-refractivity contribution in [2.75, 3.05) is 26.3 Å². The number of ether oxygens (including phenoxy) is 2. The molecule has 394 valence electrons. The molecule has 10 nitrogen and oxygen atoms in total. The maximum absolute atomic E-state index is 14.4. The third-order valence-corrected chi connectivity index (χ3v) is 14.6. The normalized spacial score (nSPS) is 17.2. The zero-order chi connectivity index (χ0) is 52.7. The van der Waals surface area contributed by atoms with Gasteiger partial charge in [-0.25, -0.2) is 27.5 Å². The van der Waals surface area contributed by atoms with E-state index in [1.165, 1.54) is 0 Å². The predicted molar refractivity (Wildman–Crippen MR) is 281 cm³/mol. The lowest BCUT2D eigenvalue weighted by Gasteiger charge is -2.41. The van der Waals surface area contributed by atoms with Crippen LogP contribution in [0.15, 0.2) is 122 Å². The molecule has 2 aromatic heterocycles. The van der Waals surface area contributed by atoms with E-state index in [0.717, 1.165) is 44.8 Å². The molecule has 74 heavy (non-hydrogen) atoms. The zero-order valence-corrected chi connectivity index (χ0v) is 43.7. The molecule has 0 aliphatic heterocycles. The first-order valence-electron chi connectivity index (χ1n) is 26.2. The minimum Gasteiger partial charge on any atom is -0.375 e. The summed E-state index contributed by atoms with van der Waals surface area (Å²) in [5, 5.41) is 0. The number of hydrogen-bond acceptors (Lipinski definition) is 6. The fraction of sp³-hybridized carbons (Fsp3) is 0.467. The summed E-state index contributed by atoms with van der Waals surface area (Å²) < 4.78 is 69.2. The van der Waals surface area contributed by atoms with Crippen molar-refractivity contribution >= 4 is 11.8 Å². The molecule has 2 fully saturated rings. The summed E-state index contributed by atoms with van der Waals surface area (Å²) in [6, 6.07) is 35.0. The van der Waals surface area contributed by atoms with E-state index in [1.54, 1.807) is 22.2 Å². The van der Waals surface area contributed by atoms with E-state index in [0.29, 0.717) is 24.9 Å². The van der Waals surface area contributed by atoms with Crippen LogP contribution in [0.2, 0.25) is 0 Å². The number of rotatable bonds is 19. The van der Waals surface area contributed by atoms with Crippen LogP contribution in [-0.4, -0.2) is 79.7 Å². The Bertz CT molecular complexity index is 2540. The number of hydrogen-bond donors (Lipinski definition) is 2. The highest BCUT2D eigenvalue weighted by molar-refractivity contribution is 5.80. The molecule has 2 saturated carbocycles. The monoisotopic (exact) mass is 1020 g/mol. The third-order valence-electron chi connectivity index (χ3n) is 14.6. The van der Waals surface area contributed by atoms with Gasteiger partial charge in [-0.2, -0.15) is 0 Å². The van der Waals surface area contributed by atoms with Crippen LogP contribution in [0.25, 0.3) is 33.6 Å². The highest BCUT2D eigenvalue weighted by Crippen LogP contribution is 2.44. The SMILES string of the molecule is CC(C)(C)[C@@H](c1ncc(-c2ccc(-c3ccc(-c4cnc([C@@H](N(CCOCc5ccccc5)C(=O)C5CCC(F)(F)CC5)C(C)(C)C)[nH]4)cc3)cc2)[nH]1)N(CCOCc1ccccc1)C(=O)C1CCC(F)(F)CC1. The second-order valence-corrected chi connectivity index (χ2v) is 22.5. The minimum atomic E-state index is -2.75. The summed E-state index contributed by atoms with van der Waals surface area (Å²) in [5.74, 6) is -5.59. The van der Waals surface area contributed by atoms with Crippen LogP contribution in [0.3, 0.4) is 0 Å². The molecule has 0 saturated heterocycles. The average molecular weight is 1020 g/mol. The first kappa shape index (κ1) is 54.2. The van der Waals surface area contributed by atoms with E-state index in [9.17, 15) is 27.2 Å². The molecule has 2 heterocycles. The van der Waals surface area contributed by atoms with Crippen molar-refractivity contribution in [1.82, 2.24) is 29.7 Å². The van der Waals surface area contributed by atoms with Gasteiger partial charge < -0.3 is 29.2 Å². The van der Waals surface area contributed by atoms with E-state index in [1.807, 2.05) is 84.9 Å². The van der Waals surface area contributed by atoms with Crippen LogP contribution in [0.5, 0.6) is 0 Å². The maximum atomic E-state index is 14.4. The molecule has 0 unspecified atom stereocenters. The van der Waals surface area contributed by atoms with Crippen molar-refractivity contribution in [2.45, 2.75) is 130 Å². The van der Waals surface area contributed by atoms with E-state index < -0.39 is 46.6 Å². The second-order valence-electron chi connectivity index (χ2n) is 22.5. The molecule has 2 N–H and O–H groups in total. The lowest BCUT2D eigenvalue weighted by atomic mass is 9.82. The average Bonchev–Trinajstić information content (AvgIpc) is 4.06. The summed E-state index contributed by atoms with van der Waals surface area (Å²) in [6.45, 7) is 14.2. The molecule has 2 aliphatic carbocycles. The van der Waals surface area contributed by atoms with Crippen molar-refractivity contribution in [3.8, 4) is 33.6 Å². The molecule has 0 spiro atoms. The molecule has 4 aromatic carbocycles. The number of nitrogens with zero attached hydrogens (tertiary/aromatic N) is 4. The molecule has 0 radical (unpaired) electrons. The van der Waals surface area contributed by atoms with E-state index >= 15 is 0 Å².